The molecule has 4 aromatic rings. The molecule has 1 N–H and O–H groups in total. The van der Waals surface area contributed by atoms with Crippen molar-refractivity contribution in [1.29, 1.82) is 0 Å². The fourth-order valence-electron chi connectivity index (χ4n) is 3.21. The van der Waals surface area contributed by atoms with Crippen molar-refractivity contribution < 1.29 is 9.72 Å². The number of aryl methyl sites for hydroxylation is 1. The fraction of sp³-hybridized carbons (Fsp3) is 0.130. The van der Waals surface area contributed by atoms with Gasteiger partial charge in [0.25, 0.3) is 17.2 Å². The van der Waals surface area contributed by atoms with Gasteiger partial charge in [0, 0.05) is 35.9 Å². The fourth-order valence-corrected chi connectivity index (χ4v) is 4.24. The predicted octanol–water partition coefficient (Wildman–Crippen LogP) is 3.68. The van der Waals surface area contributed by atoms with Crippen molar-refractivity contribution in [1.82, 2.24) is 20.1 Å². The van der Waals surface area contributed by atoms with Crippen molar-refractivity contribution in [2.24, 2.45) is 0 Å². The molecule has 0 bridgehead atoms. The van der Waals surface area contributed by atoms with Crippen molar-refractivity contribution in [2.75, 3.05) is 6.54 Å². The molecule has 0 aliphatic rings. The van der Waals surface area contributed by atoms with Crippen LogP contribution in [0.25, 0.3) is 21.1 Å². The van der Waals surface area contributed by atoms with Crippen molar-refractivity contribution in [3.05, 3.63) is 98.5 Å². The van der Waals surface area contributed by atoms with Gasteiger partial charge in [-0.2, -0.15) is 5.10 Å². The normalized spacial score (nSPS) is 10.7. The lowest BCUT2D eigenvalue weighted by molar-refractivity contribution is -0.384. The third kappa shape index (κ3) is 5.01. The number of thiazole rings is 1. The van der Waals surface area contributed by atoms with Crippen LogP contribution in [0.15, 0.2) is 71.5 Å². The molecule has 0 atom stereocenters. The van der Waals surface area contributed by atoms with Crippen LogP contribution in [-0.4, -0.2) is 32.1 Å². The van der Waals surface area contributed by atoms with Gasteiger partial charge in [-0.05, 0) is 19.1 Å². The van der Waals surface area contributed by atoms with Gasteiger partial charge in [0.15, 0.2) is 0 Å². The average molecular weight is 462 g/mol. The first-order chi connectivity index (χ1) is 15.9. The van der Waals surface area contributed by atoms with Crippen LogP contribution < -0.4 is 10.9 Å². The highest BCUT2D eigenvalue weighted by Gasteiger charge is 2.14. The molecule has 2 aromatic heterocycles. The number of hydrogen-bond acceptors (Lipinski definition) is 7. The van der Waals surface area contributed by atoms with Crippen LogP contribution >= 0.6 is 11.3 Å². The summed E-state index contributed by atoms with van der Waals surface area (Å²) >= 11 is 1.50. The van der Waals surface area contributed by atoms with Crippen molar-refractivity contribution in [2.45, 2.75) is 13.5 Å². The molecule has 0 saturated heterocycles. The van der Waals surface area contributed by atoms with E-state index in [1.807, 2.05) is 37.3 Å². The van der Waals surface area contributed by atoms with E-state index in [0.29, 0.717) is 5.69 Å². The molecule has 0 saturated carbocycles. The Morgan fingerprint density at radius 1 is 1.12 bits per heavy atom. The maximum atomic E-state index is 12.3. The third-order valence-electron chi connectivity index (χ3n) is 4.84. The molecule has 0 radical (unpaired) electrons. The number of benzene rings is 2. The van der Waals surface area contributed by atoms with Gasteiger partial charge in [-0.15, -0.1) is 11.3 Å². The molecular formula is C23H19N5O4S. The monoisotopic (exact) mass is 461 g/mol. The van der Waals surface area contributed by atoms with E-state index < -0.39 is 10.8 Å². The number of nitrogens with zero attached hydrogens (tertiary/aromatic N) is 4. The molecule has 10 heteroatoms. The van der Waals surface area contributed by atoms with Gasteiger partial charge < -0.3 is 5.32 Å². The van der Waals surface area contributed by atoms with Crippen LogP contribution in [0.3, 0.4) is 0 Å². The largest absolute Gasteiger partial charge is 0.350 e. The minimum Gasteiger partial charge on any atom is -0.350 e. The Morgan fingerprint density at radius 3 is 2.67 bits per heavy atom. The second-order valence-electron chi connectivity index (χ2n) is 7.14. The zero-order valence-electron chi connectivity index (χ0n) is 17.6. The molecule has 166 valence electrons. The summed E-state index contributed by atoms with van der Waals surface area (Å²) in [6, 6.07) is 18.4. The lowest BCUT2D eigenvalue weighted by Crippen LogP contribution is -2.31. The number of non-ortho nitro benzene ring substituents is 1. The Hall–Kier alpha value is -4.18. The number of nitro groups is 1. The van der Waals surface area contributed by atoms with Gasteiger partial charge in [-0.1, -0.05) is 36.4 Å². The predicted molar refractivity (Wildman–Crippen MR) is 125 cm³/mol. The maximum Gasteiger partial charge on any atom is 0.270 e. The second-order valence-corrected chi connectivity index (χ2v) is 8.14. The topological polar surface area (TPSA) is 120 Å². The van der Waals surface area contributed by atoms with E-state index in [9.17, 15) is 19.7 Å². The molecule has 0 spiro atoms. The summed E-state index contributed by atoms with van der Waals surface area (Å²) in [6.07, 6.45) is 0. The number of carbonyl (C=O) groups excluding carboxylic acids is 1. The highest BCUT2D eigenvalue weighted by Crippen LogP contribution is 2.33. The van der Waals surface area contributed by atoms with Crippen LogP contribution in [0.5, 0.6) is 0 Å². The number of aromatic nitrogens is 3. The highest BCUT2D eigenvalue weighted by atomic mass is 32.1. The first kappa shape index (κ1) is 22.0. The standard InChI is InChI=1S/C23H19N5O4S/c1-15-21(33-23(25-15)16-6-3-2-4-7-16)19-10-11-20(29)27(26-19)13-12-24-22(30)17-8-5-9-18(14-17)28(31)32/h2-11,14H,12-13H2,1H3,(H,24,30). The summed E-state index contributed by atoms with van der Waals surface area (Å²) in [7, 11) is 0. The molecule has 2 heterocycles. The number of amides is 1. The molecule has 0 unspecified atom stereocenters. The molecule has 33 heavy (non-hydrogen) atoms. The maximum absolute atomic E-state index is 12.3. The lowest BCUT2D eigenvalue weighted by atomic mass is 10.2. The first-order valence-electron chi connectivity index (χ1n) is 10.1. The molecule has 9 nitrogen and oxygen atoms in total. The zero-order chi connectivity index (χ0) is 23.4. The van der Waals surface area contributed by atoms with Gasteiger partial charge in [-0.3, -0.25) is 19.7 Å². The molecule has 2 aromatic carbocycles. The van der Waals surface area contributed by atoms with Crippen molar-refractivity contribution in [3.8, 4) is 21.1 Å². The number of carbonyl (C=O) groups is 1. The van der Waals surface area contributed by atoms with E-state index in [1.165, 1.54) is 46.4 Å². The summed E-state index contributed by atoms with van der Waals surface area (Å²) < 4.78 is 1.28. The van der Waals surface area contributed by atoms with Crippen molar-refractivity contribution in [3.63, 3.8) is 0 Å². The van der Waals surface area contributed by atoms with Crippen LogP contribution in [-0.2, 0) is 6.54 Å². The number of nitrogens with one attached hydrogen (secondary N) is 1. The quantitative estimate of drug-likeness (QED) is 0.331. The van der Waals surface area contributed by atoms with Gasteiger partial charge in [0.2, 0.25) is 0 Å². The van der Waals surface area contributed by atoms with Gasteiger partial charge in [-0.25, -0.2) is 9.67 Å². The van der Waals surface area contributed by atoms with Crippen LogP contribution in [0.2, 0.25) is 0 Å². The van der Waals surface area contributed by atoms with Gasteiger partial charge in [0.05, 0.1) is 22.0 Å². The first-order valence-corrected chi connectivity index (χ1v) is 10.9. The Labute approximate surface area is 192 Å². The van der Waals surface area contributed by atoms with Gasteiger partial charge >= 0.3 is 0 Å². The number of rotatable bonds is 7. The molecule has 0 fully saturated rings. The number of hydrogen-bond donors (Lipinski definition) is 1. The minimum absolute atomic E-state index is 0.134. The number of nitro benzene ring substituents is 1. The summed E-state index contributed by atoms with van der Waals surface area (Å²) in [4.78, 5) is 40.4. The molecule has 0 aliphatic heterocycles. The average Bonchev–Trinajstić information content (AvgIpc) is 3.22. The van der Waals surface area contributed by atoms with E-state index in [1.54, 1.807) is 6.07 Å². The zero-order valence-corrected chi connectivity index (χ0v) is 18.4. The summed E-state index contributed by atoms with van der Waals surface area (Å²) in [5, 5.41) is 18.9. The summed E-state index contributed by atoms with van der Waals surface area (Å²) in [6.45, 7) is 2.18. The molecule has 4 rings (SSSR count). The van der Waals surface area contributed by atoms with Gasteiger partial charge in [0.1, 0.15) is 10.7 Å². The van der Waals surface area contributed by atoms with E-state index in [0.717, 1.165) is 21.1 Å². The summed E-state index contributed by atoms with van der Waals surface area (Å²) in [5.41, 5.74) is 2.16. The Kier molecular flexibility index (Phi) is 6.36. The lowest BCUT2D eigenvalue weighted by Gasteiger charge is -2.08. The van der Waals surface area contributed by atoms with Crippen LogP contribution in [0.1, 0.15) is 16.1 Å². The van der Waals surface area contributed by atoms with E-state index in [-0.39, 0.29) is 29.9 Å². The highest BCUT2D eigenvalue weighted by molar-refractivity contribution is 7.18. The Bertz CT molecular complexity index is 1380. The van der Waals surface area contributed by atoms with Crippen molar-refractivity contribution >= 4 is 22.9 Å². The molecule has 0 aliphatic carbocycles. The van der Waals surface area contributed by atoms with E-state index in [4.69, 9.17) is 0 Å². The minimum atomic E-state index is -0.559. The third-order valence-corrected chi connectivity index (χ3v) is 6.07. The Balaban J connectivity index is 1.48. The van der Waals surface area contributed by atoms with E-state index >= 15 is 0 Å². The second kappa shape index (κ2) is 9.53. The SMILES string of the molecule is Cc1nc(-c2ccccc2)sc1-c1ccc(=O)n(CCNC(=O)c2cccc([N+](=O)[O-])c2)n1. The molecule has 1 amide bonds. The Morgan fingerprint density at radius 2 is 1.91 bits per heavy atom. The summed E-state index contributed by atoms with van der Waals surface area (Å²) in [5.74, 6) is -0.464. The molecular weight excluding hydrogens is 442 g/mol. The van der Waals surface area contributed by atoms with Crippen LogP contribution in [0, 0.1) is 17.0 Å². The van der Waals surface area contributed by atoms with Crippen LogP contribution in [0.4, 0.5) is 5.69 Å². The van der Waals surface area contributed by atoms with E-state index in [2.05, 4.69) is 15.4 Å². The smallest absolute Gasteiger partial charge is 0.270 e.